The second-order valence-electron chi connectivity index (χ2n) is 12.2. The minimum atomic E-state index is -4.41. The van der Waals surface area contributed by atoms with Crippen molar-refractivity contribution in [2.45, 2.75) is 45.5 Å². The van der Waals surface area contributed by atoms with E-state index in [9.17, 15) is 27.6 Å². The molecule has 1 unspecified atom stereocenters. The fraction of sp³-hybridized carbons (Fsp3) is 0.289. The maximum atomic E-state index is 13.1. The normalized spacial score (nSPS) is 13.3. The predicted octanol–water partition coefficient (Wildman–Crippen LogP) is 8.14. The Labute approximate surface area is 282 Å². The zero-order valence-corrected chi connectivity index (χ0v) is 27.2. The van der Waals surface area contributed by atoms with Crippen LogP contribution in [0.15, 0.2) is 97.1 Å². The van der Waals surface area contributed by atoms with E-state index in [-0.39, 0.29) is 32.2 Å². The van der Waals surface area contributed by atoms with Crippen LogP contribution in [0.2, 0.25) is 0 Å². The molecule has 1 N–H and O–H groups in total. The minimum Gasteiger partial charge on any atom is -0.489 e. The van der Waals surface area contributed by atoms with Gasteiger partial charge in [0.2, 0.25) is 0 Å². The summed E-state index contributed by atoms with van der Waals surface area (Å²) >= 11 is 0. The number of fused-ring (bicyclic) bond motifs is 1. The summed E-state index contributed by atoms with van der Waals surface area (Å²) in [4.78, 5) is 40.1. The van der Waals surface area contributed by atoms with Crippen molar-refractivity contribution >= 4 is 18.2 Å². The molecule has 2 amide bonds. The van der Waals surface area contributed by atoms with E-state index in [2.05, 4.69) is 5.32 Å². The molecule has 0 radical (unpaired) electrons. The second kappa shape index (κ2) is 15.7. The van der Waals surface area contributed by atoms with Crippen molar-refractivity contribution in [3.8, 4) is 16.9 Å². The van der Waals surface area contributed by atoms with E-state index >= 15 is 0 Å². The van der Waals surface area contributed by atoms with Crippen LogP contribution in [0.3, 0.4) is 0 Å². The average molecular weight is 675 g/mol. The van der Waals surface area contributed by atoms with Gasteiger partial charge in [-0.25, -0.2) is 9.59 Å². The van der Waals surface area contributed by atoms with Crippen molar-refractivity contribution in [3.63, 3.8) is 0 Å². The number of halogens is 3. The highest BCUT2D eigenvalue weighted by molar-refractivity contribution is 5.85. The van der Waals surface area contributed by atoms with Gasteiger partial charge in [0.15, 0.2) is 0 Å². The summed E-state index contributed by atoms with van der Waals surface area (Å²) in [6.45, 7) is 4.48. The Bertz CT molecular complexity index is 1740. The fourth-order valence-electron chi connectivity index (χ4n) is 5.33. The molecule has 4 aromatic rings. The van der Waals surface area contributed by atoms with Crippen molar-refractivity contribution < 1.29 is 41.8 Å². The smallest absolute Gasteiger partial charge is 0.419 e. The first-order chi connectivity index (χ1) is 23.5. The molecule has 49 heavy (non-hydrogen) atoms. The summed E-state index contributed by atoms with van der Waals surface area (Å²) in [5.41, 5.74) is 4.26. The van der Waals surface area contributed by atoms with Crippen LogP contribution in [-0.4, -0.2) is 42.8 Å². The monoisotopic (exact) mass is 674 g/mol. The van der Waals surface area contributed by atoms with Crippen LogP contribution in [0.1, 0.15) is 47.6 Å². The van der Waals surface area contributed by atoms with Gasteiger partial charge in [-0.05, 0) is 70.0 Å². The molecule has 11 heteroatoms. The third-order valence-corrected chi connectivity index (χ3v) is 8.03. The number of carbonyl (C=O) groups excluding carboxylic acids is 3. The van der Waals surface area contributed by atoms with Gasteiger partial charge in [-0.3, -0.25) is 4.79 Å². The maximum Gasteiger partial charge on any atom is 0.419 e. The van der Waals surface area contributed by atoms with Crippen molar-refractivity contribution in [1.29, 1.82) is 0 Å². The molecule has 0 fully saturated rings. The van der Waals surface area contributed by atoms with Crippen LogP contribution in [0, 0.1) is 5.92 Å². The number of hydrogen-bond donors (Lipinski definition) is 1. The number of hydrogen-bond acceptors (Lipinski definition) is 6. The molecule has 0 aromatic heterocycles. The summed E-state index contributed by atoms with van der Waals surface area (Å²) in [6.07, 6.45) is -5.73. The number of ether oxygens (including phenoxy) is 3. The molecular weight excluding hydrogens is 637 g/mol. The molecule has 0 saturated carbocycles. The molecule has 0 saturated heterocycles. The molecule has 8 nitrogen and oxygen atoms in total. The number of carbonyl (C=O) groups is 3. The van der Waals surface area contributed by atoms with Gasteiger partial charge >= 0.3 is 24.3 Å². The summed E-state index contributed by atoms with van der Waals surface area (Å²) in [6, 6.07) is 27.3. The number of rotatable bonds is 10. The zero-order chi connectivity index (χ0) is 35.0. The van der Waals surface area contributed by atoms with Crippen LogP contribution in [-0.2, 0) is 40.0 Å². The van der Waals surface area contributed by atoms with Crippen LogP contribution in [0.5, 0.6) is 5.75 Å². The van der Waals surface area contributed by atoms with Crippen LogP contribution in [0.4, 0.5) is 22.8 Å². The zero-order valence-electron chi connectivity index (χ0n) is 27.2. The highest BCUT2D eigenvalue weighted by atomic mass is 19.4. The Morgan fingerprint density at radius 2 is 1.55 bits per heavy atom. The van der Waals surface area contributed by atoms with Gasteiger partial charge in [0.1, 0.15) is 12.4 Å². The van der Waals surface area contributed by atoms with Gasteiger partial charge in [0.25, 0.3) is 0 Å². The number of benzene rings is 4. The van der Waals surface area contributed by atoms with Crippen LogP contribution < -0.4 is 10.1 Å². The third kappa shape index (κ3) is 9.62. The van der Waals surface area contributed by atoms with E-state index in [0.29, 0.717) is 29.8 Å². The Kier molecular flexibility index (Phi) is 11.2. The summed E-state index contributed by atoms with van der Waals surface area (Å²) in [7, 11) is 0. The Morgan fingerprint density at radius 3 is 2.22 bits per heavy atom. The molecular formula is C38H37F3N2O6. The molecule has 4 aromatic carbocycles. The SMILES string of the molecule is CC(C)COC(=O)C(CNC(=O)OC(=O)N1CCc2ccc(OCc3ccc(C(F)(F)F)cc3)cc2C1)c1ccc(-c2ccccc2)cc1. The number of alkyl carbamates (subject to hydrolysis) is 1. The van der Waals surface area contributed by atoms with Crippen molar-refractivity contribution in [2.24, 2.45) is 5.92 Å². The van der Waals surface area contributed by atoms with Gasteiger partial charge in [-0.15, -0.1) is 0 Å². The number of nitrogens with zero attached hydrogens (tertiary/aromatic N) is 1. The van der Waals surface area contributed by atoms with E-state index in [1.54, 1.807) is 12.1 Å². The minimum absolute atomic E-state index is 0.0615. The van der Waals surface area contributed by atoms with E-state index in [1.165, 1.54) is 17.0 Å². The van der Waals surface area contributed by atoms with Gasteiger partial charge in [-0.2, -0.15) is 13.2 Å². The first-order valence-electron chi connectivity index (χ1n) is 15.9. The lowest BCUT2D eigenvalue weighted by Crippen LogP contribution is -2.40. The van der Waals surface area contributed by atoms with Gasteiger partial charge < -0.3 is 24.4 Å². The van der Waals surface area contributed by atoms with Crippen molar-refractivity contribution in [2.75, 3.05) is 19.7 Å². The molecule has 1 heterocycles. The predicted molar refractivity (Wildman–Crippen MR) is 177 cm³/mol. The highest BCUT2D eigenvalue weighted by Crippen LogP contribution is 2.30. The Balaban J connectivity index is 1.16. The molecule has 1 atom stereocenters. The Hall–Kier alpha value is -5.32. The van der Waals surface area contributed by atoms with Gasteiger partial charge in [0, 0.05) is 19.6 Å². The molecule has 0 aliphatic carbocycles. The van der Waals surface area contributed by atoms with E-state index in [1.807, 2.05) is 74.5 Å². The number of amides is 2. The van der Waals surface area contributed by atoms with Gasteiger partial charge in [-0.1, -0.05) is 86.6 Å². The summed E-state index contributed by atoms with van der Waals surface area (Å²) < 4.78 is 54.9. The van der Waals surface area contributed by atoms with E-state index in [4.69, 9.17) is 14.2 Å². The summed E-state index contributed by atoms with van der Waals surface area (Å²) in [5.74, 6) is -0.721. The van der Waals surface area contributed by atoms with Crippen LogP contribution in [0.25, 0.3) is 11.1 Å². The van der Waals surface area contributed by atoms with Crippen LogP contribution >= 0.6 is 0 Å². The largest absolute Gasteiger partial charge is 0.489 e. The molecule has 1 aliphatic heterocycles. The lowest BCUT2D eigenvalue weighted by atomic mass is 9.96. The highest BCUT2D eigenvalue weighted by Gasteiger charge is 2.30. The molecule has 256 valence electrons. The van der Waals surface area contributed by atoms with Crippen molar-refractivity contribution in [3.05, 3.63) is 125 Å². The Morgan fingerprint density at radius 1 is 0.857 bits per heavy atom. The number of esters is 1. The first-order valence-corrected chi connectivity index (χ1v) is 15.9. The number of nitrogens with one attached hydrogen (secondary N) is 1. The topological polar surface area (TPSA) is 94.2 Å². The lowest BCUT2D eigenvalue weighted by Gasteiger charge is -2.28. The first kappa shape index (κ1) is 35.0. The maximum absolute atomic E-state index is 13.1. The van der Waals surface area contributed by atoms with E-state index < -0.39 is 35.8 Å². The van der Waals surface area contributed by atoms with E-state index in [0.717, 1.165) is 34.4 Å². The van der Waals surface area contributed by atoms with Crippen molar-refractivity contribution in [1.82, 2.24) is 10.2 Å². The molecule has 0 bridgehead atoms. The second-order valence-corrected chi connectivity index (χ2v) is 12.2. The quantitative estimate of drug-likeness (QED) is 0.135. The molecule has 5 rings (SSSR count). The average Bonchev–Trinajstić information content (AvgIpc) is 3.10. The standard InChI is InChI=1S/C38H37F3N2O6/c1-25(2)23-48-35(44)34(30-12-10-28(11-13-30)27-6-4-3-5-7-27)21-42-36(45)49-37(46)43-19-18-29-14-17-33(20-31(29)22-43)47-24-26-8-15-32(16-9-26)38(39,40)41/h3-17,20,25,34H,18-19,21-24H2,1-2H3,(H,42,45). The van der Waals surface area contributed by atoms with Gasteiger partial charge in [0.05, 0.1) is 18.1 Å². The molecule has 1 aliphatic rings. The number of alkyl halides is 3. The fourth-order valence-corrected chi connectivity index (χ4v) is 5.33. The third-order valence-electron chi connectivity index (χ3n) is 8.03. The summed E-state index contributed by atoms with van der Waals surface area (Å²) in [5, 5.41) is 2.55. The lowest BCUT2D eigenvalue weighted by molar-refractivity contribution is -0.146. The molecule has 0 spiro atoms.